The van der Waals surface area contributed by atoms with Gasteiger partial charge in [-0.3, -0.25) is 19.5 Å². The lowest BCUT2D eigenvalue weighted by Gasteiger charge is -2.29. The lowest BCUT2D eigenvalue weighted by atomic mass is 10.1. The van der Waals surface area contributed by atoms with E-state index in [2.05, 4.69) is 10.1 Å². The lowest BCUT2D eigenvalue weighted by molar-refractivity contribution is -0.133. The van der Waals surface area contributed by atoms with Crippen LogP contribution in [0.3, 0.4) is 0 Å². The average molecular weight is 469 g/mol. The fourth-order valence-electron chi connectivity index (χ4n) is 3.59. The van der Waals surface area contributed by atoms with Gasteiger partial charge >= 0.3 is 0 Å². The van der Waals surface area contributed by atoms with Crippen LogP contribution in [0.25, 0.3) is 0 Å². The molecule has 30 heavy (non-hydrogen) atoms. The largest absolute Gasteiger partial charge is 0.280 e. The van der Waals surface area contributed by atoms with Gasteiger partial charge in [0.1, 0.15) is 5.71 Å². The second-order valence-electron chi connectivity index (χ2n) is 7.53. The van der Waals surface area contributed by atoms with Gasteiger partial charge in [-0.05, 0) is 37.6 Å². The van der Waals surface area contributed by atoms with Gasteiger partial charge in [0.15, 0.2) is 15.0 Å². The molecule has 1 fully saturated rings. The number of hydrazone groups is 1. The van der Waals surface area contributed by atoms with Crippen molar-refractivity contribution in [1.82, 2.24) is 5.01 Å². The molecule has 0 aromatic heterocycles. The Morgan fingerprint density at radius 1 is 1.27 bits per heavy atom. The molecule has 0 unspecified atom stereocenters. The quantitative estimate of drug-likeness (QED) is 0.677. The van der Waals surface area contributed by atoms with Gasteiger partial charge in [0.05, 0.1) is 29.3 Å². The van der Waals surface area contributed by atoms with E-state index < -0.39 is 15.9 Å². The smallest absolute Gasteiger partial charge is 0.273 e. The predicted molar refractivity (Wildman–Crippen MR) is 119 cm³/mol. The van der Waals surface area contributed by atoms with Crippen molar-refractivity contribution in [3.8, 4) is 0 Å². The molecule has 1 aromatic rings. The Kier molecular flexibility index (Phi) is 5.91. The molecule has 2 atom stereocenters. The fraction of sp³-hybridized carbons (Fsp3) is 0.474. The summed E-state index contributed by atoms with van der Waals surface area (Å²) in [6.45, 7) is 1.98. The molecular weight excluding hydrogens is 448 g/mol. The molecule has 2 amide bonds. The third kappa shape index (κ3) is 4.40. The van der Waals surface area contributed by atoms with Crippen LogP contribution in [-0.4, -0.2) is 65.5 Å². The van der Waals surface area contributed by atoms with Crippen molar-refractivity contribution in [2.75, 3.05) is 22.2 Å². The minimum atomic E-state index is -3.18. The number of benzene rings is 1. The number of carbonyl (C=O) groups excluding carboxylic acids is 2. The van der Waals surface area contributed by atoms with Crippen molar-refractivity contribution in [3.63, 3.8) is 0 Å². The van der Waals surface area contributed by atoms with E-state index in [1.165, 1.54) is 21.7 Å². The maximum Gasteiger partial charge on any atom is 0.280 e. The van der Waals surface area contributed by atoms with Crippen LogP contribution in [0.15, 0.2) is 34.4 Å². The second-order valence-corrected chi connectivity index (χ2v) is 11.2. The Bertz CT molecular complexity index is 1040. The number of aliphatic imine (C=N–C) groups is 1. The van der Waals surface area contributed by atoms with E-state index in [0.29, 0.717) is 22.3 Å². The zero-order chi connectivity index (χ0) is 21.5. The highest BCUT2D eigenvalue weighted by molar-refractivity contribution is 8.14. The van der Waals surface area contributed by atoms with Crippen LogP contribution in [0.2, 0.25) is 5.02 Å². The highest BCUT2D eigenvalue weighted by Gasteiger charge is 2.39. The lowest BCUT2D eigenvalue weighted by Crippen LogP contribution is -2.46. The van der Waals surface area contributed by atoms with Gasteiger partial charge in [-0.1, -0.05) is 23.4 Å². The van der Waals surface area contributed by atoms with Gasteiger partial charge in [0, 0.05) is 23.6 Å². The zero-order valence-corrected chi connectivity index (χ0v) is 18.7. The summed E-state index contributed by atoms with van der Waals surface area (Å²) in [4.78, 5) is 32.0. The summed E-state index contributed by atoms with van der Waals surface area (Å²) in [7, 11) is -3.18. The first-order chi connectivity index (χ1) is 14.2. The molecule has 3 aliphatic rings. The summed E-state index contributed by atoms with van der Waals surface area (Å²) in [6.07, 6.45) is 0.650. The summed E-state index contributed by atoms with van der Waals surface area (Å²) in [6, 6.07) is 6.44. The van der Waals surface area contributed by atoms with Crippen LogP contribution in [0, 0.1) is 0 Å². The van der Waals surface area contributed by atoms with Gasteiger partial charge in [0.2, 0.25) is 5.91 Å². The average Bonchev–Trinajstić information content (AvgIpc) is 3.29. The van der Waals surface area contributed by atoms with Crippen molar-refractivity contribution >= 4 is 61.6 Å². The molecular formula is C19H21ClN4O4S2. The molecule has 8 nitrogen and oxygen atoms in total. The van der Waals surface area contributed by atoms with E-state index in [1.807, 2.05) is 6.92 Å². The number of nitrogens with zero attached hydrogens (tertiary/aromatic N) is 4. The summed E-state index contributed by atoms with van der Waals surface area (Å²) in [5, 5.41) is 6.65. The Morgan fingerprint density at radius 2 is 2.00 bits per heavy atom. The molecule has 0 N–H and O–H groups in total. The van der Waals surface area contributed by atoms with Crippen LogP contribution < -0.4 is 4.90 Å². The van der Waals surface area contributed by atoms with Crippen LogP contribution in [0.5, 0.6) is 0 Å². The summed E-state index contributed by atoms with van der Waals surface area (Å²) in [5.74, 6) is 0.0561. The summed E-state index contributed by atoms with van der Waals surface area (Å²) in [5.41, 5.74) is 0.830. The van der Waals surface area contributed by atoms with Crippen LogP contribution in [-0.2, 0) is 19.4 Å². The number of amides is 2. The number of amidine groups is 1. The highest BCUT2D eigenvalue weighted by Crippen LogP contribution is 2.29. The standard InChI is InChI=1S/C19H21ClN4O4S2/c1-12-10-29-19(21-12)23(14-4-2-13(20)3-5-14)18(26)16-6-7-17(25)24(22-16)15-8-9-30(27,28)11-15/h2-5,12,15H,6-11H2,1H3/t12-,15+/m0/s1. The third-order valence-corrected chi connectivity index (χ3v) is 8.32. The minimum Gasteiger partial charge on any atom is -0.273 e. The number of rotatable bonds is 3. The number of sulfone groups is 1. The number of hydrogen-bond acceptors (Lipinski definition) is 7. The first kappa shape index (κ1) is 21.3. The van der Waals surface area contributed by atoms with Gasteiger partial charge < -0.3 is 0 Å². The summed E-state index contributed by atoms with van der Waals surface area (Å²) >= 11 is 7.49. The van der Waals surface area contributed by atoms with E-state index in [-0.39, 0.29) is 47.9 Å². The Balaban J connectivity index is 1.66. The van der Waals surface area contributed by atoms with Crippen molar-refractivity contribution < 1.29 is 18.0 Å². The topological polar surface area (TPSA) is 99.5 Å². The normalized spacial score (nSPS) is 25.8. The van der Waals surface area contributed by atoms with Gasteiger partial charge in [-0.25, -0.2) is 13.4 Å². The molecule has 0 aliphatic carbocycles. The van der Waals surface area contributed by atoms with Crippen molar-refractivity contribution in [1.29, 1.82) is 0 Å². The third-order valence-electron chi connectivity index (χ3n) is 5.12. The van der Waals surface area contributed by atoms with Crippen LogP contribution >= 0.6 is 23.4 Å². The minimum absolute atomic E-state index is 0.0302. The maximum absolute atomic E-state index is 13.5. The SMILES string of the molecule is C[C@H]1CSC(N(C(=O)C2=NN([C@@H]3CCS(=O)(=O)C3)C(=O)CC2)c2ccc(Cl)cc2)=N1. The van der Waals surface area contributed by atoms with Gasteiger partial charge in [0.25, 0.3) is 5.91 Å². The van der Waals surface area contributed by atoms with Gasteiger partial charge in [-0.15, -0.1) is 0 Å². The predicted octanol–water partition coefficient (Wildman–Crippen LogP) is 2.33. The van der Waals surface area contributed by atoms with E-state index in [9.17, 15) is 18.0 Å². The molecule has 3 heterocycles. The van der Waals surface area contributed by atoms with E-state index in [0.717, 1.165) is 5.75 Å². The number of thioether (sulfide) groups is 1. The van der Waals surface area contributed by atoms with Crippen molar-refractivity contribution in [2.45, 2.75) is 38.3 Å². The highest BCUT2D eigenvalue weighted by atomic mass is 35.5. The monoisotopic (exact) mass is 468 g/mol. The molecule has 1 saturated heterocycles. The number of hydrogen-bond donors (Lipinski definition) is 0. The molecule has 0 bridgehead atoms. The molecule has 4 rings (SSSR count). The van der Waals surface area contributed by atoms with Crippen LogP contribution in [0.4, 0.5) is 5.69 Å². The number of anilines is 1. The Hall–Kier alpha value is -1.91. The second kappa shape index (κ2) is 8.32. The number of carbonyl (C=O) groups is 2. The first-order valence-electron chi connectivity index (χ1n) is 9.64. The first-order valence-corrected chi connectivity index (χ1v) is 12.8. The van der Waals surface area contributed by atoms with Crippen molar-refractivity contribution in [3.05, 3.63) is 29.3 Å². The van der Waals surface area contributed by atoms with Gasteiger partial charge in [-0.2, -0.15) is 5.10 Å². The zero-order valence-electron chi connectivity index (χ0n) is 16.3. The molecule has 0 saturated carbocycles. The molecule has 0 spiro atoms. The van der Waals surface area contributed by atoms with Crippen LogP contribution in [0.1, 0.15) is 26.2 Å². The van der Waals surface area contributed by atoms with E-state index in [1.54, 1.807) is 24.3 Å². The Labute approximate surface area is 184 Å². The van der Waals surface area contributed by atoms with E-state index >= 15 is 0 Å². The molecule has 3 aliphatic heterocycles. The summed E-state index contributed by atoms with van der Waals surface area (Å²) < 4.78 is 23.7. The molecule has 1 aromatic carbocycles. The van der Waals surface area contributed by atoms with E-state index in [4.69, 9.17) is 11.6 Å². The fourth-order valence-corrected chi connectivity index (χ4v) is 6.45. The molecule has 0 radical (unpaired) electrons. The Morgan fingerprint density at radius 3 is 2.60 bits per heavy atom. The molecule has 11 heteroatoms. The maximum atomic E-state index is 13.5. The molecule has 160 valence electrons. The van der Waals surface area contributed by atoms with Crippen molar-refractivity contribution in [2.24, 2.45) is 10.1 Å². The number of halogens is 1.